The zero-order chi connectivity index (χ0) is 9.97. The quantitative estimate of drug-likeness (QED) is 0.652. The predicted octanol–water partition coefficient (Wildman–Crippen LogP) is 1.22. The number of fused-ring (bicyclic) bond motifs is 1. The monoisotopic (exact) mass is 196 g/mol. The maximum absolute atomic E-state index is 5.71. The number of hydrogen-bond donors (Lipinski definition) is 2. The van der Waals surface area contributed by atoms with Gasteiger partial charge in [0, 0.05) is 25.2 Å². The van der Waals surface area contributed by atoms with Crippen LogP contribution in [0.5, 0.6) is 0 Å². The molecule has 0 radical (unpaired) electrons. The third-order valence-electron chi connectivity index (χ3n) is 3.25. The Balaban J connectivity index is 2.00. The molecule has 0 amide bonds. The van der Waals surface area contributed by atoms with Crippen LogP contribution >= 0.6 is 0 Å². The number of hydrogen-bond acceptors (Lipinski definition) is 3. The summed E-state index contributed by atoms with van der Waals surface area (Å²) in [5.74, 6) is 0.574. The van der Waals surface area contributed by atoms with Gasteiger partial charge in [0.1, 0.15) is 6.23 Å². The molecule has 1 heterocycles. The van der Waals surface area contributed by atoms with Gasteiger partial charge >= 0.3 is 0 Å². The van der Waals surface area contributed by atoms with Gasteiger partial charge in [-0.05, 0) is 26.2 Å². The van der Waals surface area contributed by atoms with Crippen LogP contribution in [0, 0.1) is 5.92 Å². The molecule has 2 fully saturated rings. The molecule has 3 nitrogen and oxygen atoms in total. The maximum Gasteiger partial charge on any atom is 0.113 e. The van der Waals surface area contributed by atoms with Crippen LogP contribution in [0.3, 0.4) is 0 Å². The molecule has 0 spiro atoms. The van der Waals surface area contributed by atoms with Gasteiger partial charge in [0.2, 0.25) is 0 Å². The number of ether oxygens (including phenoxy) is 1. The molecule has 2 N–H and O–H groups in total. The maximum atomic E-state index is 5.71. The Morgan fingerprint density at radius 3 is 3.14 bits per heavy atom. The van der Waals surface area contributed by atoms with Crippen molar-refractivity contribution >= 4 is 0 Å². The standard InChI is InChI=1S/C11H20N2O/c1-3-14-11-9-6-8(2)4-5-10(9)12-7-13-11/h9-13H,2-7H2,1H3. The highest BCUT2D eigenvalue weighted by molar-refractivity contribution is 5.06. The highest BCUT2D eigenvalue weighted by Crippen LogP contribution is 2.31. The van der Waals surface area contributed by atoms with Crippen molar-refractivity contribution in [3.05, 3.63) is 12.2 Å². The van der Waals surface area contributed by atoms with Gasteiger partial charge in [0.15, 0.2) is 0 Å². The van der Waals surface area contributed by atoms with Crippen LogP contribution in [-0.4, -0.2) is 25.5 Å². The van der Waals surface area contributed by atoms with Crippen LogP contribution in [0.1, 0.15) is 26.2 Å². The molecule has 1 aliphatic heterocycles. The number of allylic oxidation sites excluding steroid dienone is 1. The van der Waals surface area contributed by atoms with Crippen molar-refractivity contribution in [1.82, 2.24) is 10.6 Å². The Morgan fingerprint density at radius 2 is 2.36 bits per heavy atom. The van der Waals surface area contributed by atoms with Gasteiger partial charge in [-0.25, -0.2) is 0 Å². The Morgan fingerprint density at radius 1 is 1.50 bits per heavy atom. The molecule has 2 rings (SSSR count). The second-order valence-electron chi connectivity index (χ2n) is 4.22. The number of rotatable bonds is 2. The minimum atomic E-state index is 0.225. The summed E-state index contributed by atoms with van der Waals surface area (Å²) in [5, 5.41) is 6.86. The zero-order valence-corrected chi connectivity index (χ0v) is 8.88. The highest BCUT2D eigenvalue weighted by atomic mass is 16.5. The summed E-state index contributed by atoms with van der Waals surface area (Å²) in [6.07, 6.45) is 3.72. The largest absolute Gasteiger partial charge is 0.363 e. The molecule has 3 atom stereocenters. The third kappa shape index (κ3) is 2.00. The average Bonchev–Trinajstić information content (AvgIpc) is 2.19. The summed E-state index contributed by atoms with van der Waals surface area (Å²) < 4.78 is 5.71. The van der Waals surface area contributed by atoms with Crippen LogP contribution in [-0.2, 0) is 4.74 Å². The Bertz CT molecular complexity index is 215. The minimum absolute atomic E-state index is 0.225. The van der Waals surface area contributed by atoms with E-state index < -0.39 is 0 Å². The van der Waals surface area contributed by atoms with Crippen LogP contribution < -0.4 is 10.6 Å². The fraction of sp³-hybridized carbons (Fsp3) is 0.818. The van der Waals surface area contributed by atoms with Crippen molar-refractivity contribution in [2.75, 3.05) is 13.3 Å². The van der Waals surface area contributed by atoms with E-state index in [1.807, 2.05) is 0 Å². The summed E-state index contributed by atoms with van der Waals surface area (Å²) in [6, 6.07) is 0.623. The molecule has 3 unspecified atom stereocenters. The van der Waals surface area contributed by atoms with Crippen molar-refractivity contribution in [3.63, 3.8) is 0 Å². The van der Waals surface area contributed by atoms with Crippen molar-refractivity contribution < 1.29 is 4.74 Å². The van der Waals surface area contributed by atoms with E-state index in [1.165, 1.54) is 18.4 Å². The fourth-order valence-electron chi connectivity index (χ4n) is 2.53. The summed E-state index contributed by atoms with van der Waals surface area (Å²) in [4.78, 5) is 0. The van der Waals surface area contributed by atoms with Crippen molar-refractivity contribution in [1.29, 1.82) is 0 Å². The molecule has 0 aromatic heterocycles. The van der Waals surface area contributed by atoms with Crippen molar-refractivity contribution in [3.8, 4) is 0 Å². The van der Waals surface area contributed by atoms with E-state index in [4.69, 9.17) is 4.74 Å². The lowest BCUT2D eigenvalue weighted by molar-refractivity contribution is -0.0410. The topological polar surface area (TPSA) is 33.3 Å². The summed E-state index contributed by atoms with van der Waals surface area (Å²) in [5.41, 5.74) is 1.38. The van der Waals surface area contributed by atoms with E-state index in [9.17, 15) is 0 Å². The van der Waals surface area contributed by atoms with Gasteiger partial charge in [-0.2, -0.15) is 0 Å². The fourth-order valence-corrected chi connectivity index (χ4v) is 2.53. The minimum Gasteiger partial charge on any atom is -0.363 e. The first-order chi connectivity index (χ1) is 6.81. The summed E-state index contributed by atoms with van der Waals surface area (Å²) in [6.45, 7) is 7.80. The van der Waals surface area contributed by atoms with Crippen LogP contribution in [0.15, 0.2) is 12.2 Å². The van der Waals surface area contributed by atoms with E-state index in [2.05, 4.69) is 24.1 Å². The SMILES string of the molecule is C=C1CCC2NCNC(OCC)C2C1. The molecule has 3 heteroatoms. The number of nitrogens with one attached hydrogen (secondary N) is 2. The Kier molecular flexibility index (Phi) is 3.21. The first-order valence-corrected chi connectivity index (χ1v) is 5.56. The lowest BCUT2D eigenvalue weighted by Crippen LogP contribution is -2.59. The second kappa shape index (κ2) is 4.43. The lowest BCUT2D eigenvalue weighted by atomic mass is 9.80. The molecule has 1 aliphatic carbocycles. The first kappa shape index (κ1) is 10.1. The molecule has 0 bridgehead atoms. The van der Waals surface area contributed by atoms with Gasteiger partial charge in [0.25, 0.3) is 0 Å². The molecule has 14 heavy (non-hydrogen) atoms. The first-order valence-electron chi connectivity index (χ1n) is 5.56. The van der Waals surface area contributed by atoms with E-state index in [1.54, 1.807) is 0 Å². The molecular weight excluding hydrogens is 176 g/mol. The molecule has 1 saturated heterocycles. The molecule has 2 aliphatic rings. The van der Waals surface area contributed by atoms with Gasteiger partial charge < -0.3 is 10.1 Å². The van der Waals surface area contributed by atoms with E-state index >= 15 is 0 Å². The van der Waals surface area contributed by atoms with Crippen LogP contribution in [0.2, 0.25) is 0 Å². The molecular formula is C11H20N2O. The third-order valence-corrected chi connectivity index (χ3v) is 3.25. The molecule has 0 aromatic rings. The van der Waals surface area contributed by atoms with E-state index in [0.29, 0.717) is 12.0 Å². The zero-order valence-electron chi connectivity index (χ0n) is 8.88. The highest BCUT2D eigenvalue weighted by Gasteiger charge is 2.35. The van der Waals surface area contributed by atoms with Crippen LogP contribution in [0.4, 0.5) is 0 Å². The average molecular weight is 196 g/mol. The smallest absolute Gasteiger partial charge is 0.113 e. The second-order valence-corrected chi connectivity index (χ2v) is 4.22. The van der Waals surface area contributed by atoms with Gasteiger partial charge in [0.05, 0.1) is 0 Å². The van der Waals surface area contributed by atoms with Gasteiger partial charge in [-0.1, -0.05) is 12.2 Å². The van der Waals surface area contributed by atoms with E-state index in [0.717, 1.165) is 19.7 Å². The lowest BCUT2D eigenvalue weighted by Gasteiger charge is -2.42. The van der Waals surface area contributed by atoms with Crippen LogP contribution in [0.25, 0.3) is 0 Å². The molecule has 80 valence electrons. The Labute approximate surface area is 85.9 Å². The van der Waals surface area contributed by atoms with Gasteiger partial charge in [-0.15, -0.1) is 0 Å². The molecule has 1 saturated carbocycles. The summed E-state index contributed by atoms with van der Waals surface area (Å²) >= 11 is 0. The van der Waals surface area contributed by atoms with Gasteiger partial charge in [-0.3, -0.25) is 5.32 Å². The van der Waals surface area contributed by atoms with Crippen molar-refractivity contribution in [2.24, 2.45) is 5.92 Å². The van der Waals surface area contributed by atoms with E-state index in [-0.39, 0.29) is 6.23 Å². The molecule has 0 aromatic carbocycles. The predicted molar refractivity (Wildman–Crippen MR) is 56.8 cm³/mol. The normalized spacial score (nSPS) is 38.1. The Hall–Kier alpha value is -0.380. The summed E-state index contributed by atoms with van der Waals surface area (Å²) in [7, 11) is 0. The van der Waals surface area contributed by atoms with Crippen molar-refractivity contribution in [2.45, 2.75) is 38.5 Å².